The minimum absolute atomic E-state index is 0.0254. The van der Waals surface area contributed by atoms with Gasteiger partial charge in [-0.25, -0.2) is 0 Å². The molecule has 0 saturated carbocycles. The molecule has 0 aromatic carbocycles. The number of aromatic nitrogens is 2. The van der Waals surface area contributed by atoms with Crippen LogP contribution in [0.2, 0.25) is 0 Å². The van der Waals surface area contributed by atoms with Gasteiger partial charge in [0.1, 0.15) is 11.5 Å². The molecule has 5 heteroatoms. The van der Waals surface area contributed by atoms with E-state index in [0.717, 1.165) is 43.7 Å². The number of aryl methyl sites for hydroxylation is 1. The summed E-state index contributed by atoms with van der Waals surface area (Å²) in [6.07, 6.45) is 5.96. The van der Waals surface area contributed by atoms with Crippen molar-refractivity contribution >= 4 is 5.91 Å². The van der Waals surface area contributed by atoms with Crippen LogP contribution in [0.3, 0.4) is 0 Å². The molecule has 0 spiro atoms. The number of amides is 1. The molecule has 0 bridgehead atoms. The topological polar surface area (TPSA) is 51.3 Å². The molecule has 1 amide bonds. The molecule has 5 nitrogen and oxygen atoms in total. The van der Waals surface area contributed by atoms with E-state index < -0.39 is 0 Å². The molecule has 0 unspecified atom stereocenters. The first-order chi connectivity index (χ1) is 11.1. The van der Waals surface area contributed by atoms with Crippen LogP contribution in [0.4, 0.5) is 0 Å². The zero-order valence-electron chi connectivity index (χ0n) is 14.2. The Morgan fingerprint density at radius 2 is 2.17 bits per heavy atom. The molecular weight excluding hydrogens is 290 g/mol. The smallest absolute Gasteiger partial charge is 0.272 e. The van der Waals surface area contributed by atoms with Gasteiger partial charge in [-0.05, 0) is 37.0 Å². The maximum absolute atomic E-state index is 13.1. The number of furan rings is 1. The lowest BCUT2D eigenvalue weighted by Gasteiger charge is -2.28. The maximum atomic E-state index is 13.1. The van der Waals surface area contributed by atoms with Gasteiger partial charge in [-0.2, -0.15) is 5.10 Å². The van der Waals surface area contributed by atoms with Crippen molar-refractivity contribution in [2.45, 2.75) is 51.5 Å². The van der Waals surface area contributed by atoms with E-state index in [0.29, 0.717) is 11.6 Å². The summed E-state index contributed by atoms with van der Waals surface area (Å²) in [6, 6.07) is 5.82. The van der Waals surface area contributed by atoms with Crippen LogP contribution in [0.5, 0.6) is 0 Å². The number of hydrogen-bond acceptors (Lipinski definition) is 3. The van der Waals surface area contributed by atoms with E-state index in [2.05, 4.69) is 18.9 Å². The highest BCUT2D eigenvalue weighted by molar-refractivity contribution is 5.93. The summed E-state index contributed by atoms with van der Waals surface area (Å²) in [5.41, 5.74) is 1.62. The van der Waals surface area contributed by atoms with Gasteiger partial charge in [0.2, 0.25) is 0 Å². The van der Waals surface area contributed by atoms with Crippen LogP contribution in [0, 0.1) is 0 Å². The number of likely N-dealkylation sites (tertiary alicyclic amines) is 1. The normalized spacial score (nSPS) is 19.1. The molecule has 2 aromatic heterocycles. The van der Waals surface area contributed by atoms with E-state index in [1.165, 1.54) is 0 Å². The maximum Gasteiger partial charge on any atom is 0.272 e. The first-order valence-electron chi connectivity index (χ1n) is 8.46. The Balaban J connectivity index is 1.91. The summed E-state index contributed by atoms with van der Waals surface area (Å²) in [5, 5.41) is 4.48. The van der Waals surface area contributed by atoms with E-state index in [4.69, 9.17) is 4.42 Å². The van der Waals surface area contributed by atoms with Gasteiger partial charge in [-0.3, -0.25) is 9.48 Å². The molecule has 1 fully saturated rings. The minimum Gasteiger partial charge on any atom is -0.467 e. The minimum atomic E-state index is 0.0254. The van der Waals surface area contributed by atoms with Gasteiger partial charge in [0, 0.05) is 13.6 Å². The van der Waals surface area contributed by atoms with Crippen LogP contribution >= 0.6 is 0 Å². The number of carbonyl (C=O) groups excluding carboxylic acids is 1. The van der Waals surface area contributed by atoms with Gasteiger partial charge in [0.05, 0.1) is 18.0 Å². The molecule has 124 valence electrons. The van der Waals surface area contributed by atoms with Crippen molar-refractivity contribution in [3.8, 4) is 0 Å². The molecule has 1 aliphatic heterocycles. The molecule has 1 aliphatic rings. The Morgan fingerprint density at radius 1 is 1.35 bits per heavy atom. The second kappa shape index (κ2) is 6.60. The summed E-state index contributed by atoms with van der Waals surface area (Å²) in [6.45, 7) is 4.95. The van der Waals surface area contributed by atoms with Crippen LogP contribution in [0.15, 0.2) is 28.9 Å². The van der Waals surface area contributed by atoms with Crippen molar-refractivity contribution in [3.63, 3.8) is 0 Å². The monoisotopic (exact) mass is 315 g/mol. The standard InChI is InChI=1S/C18H25N3O2/c1-13(2)14-12-16(20(3)19-14)18(22)21-10-6-4-5-8-15(21)17-9-7-11-23-17/h7,9,11-13,15H,4-6,8,10H2,1-3H3/t15-/m1/s1. The molecule has 1 saturated heterocycles. The fraction of sp³-hybridized carbons (Fsp3) is 0.556. The lowest BCUT2D eigenvalue weighted by molar-refractivity contribution is 0.0647. The Bertz CT molecular complexity index is 658. The van der Waals surface area contributed by atoms with Crippen molar-refractivity contribution in [1.82, 2.24) is 14.7 Å². The van der Waals surface area contributed by atoms with Crippen LogP contribution in [-0.4, -0.2) is 27.1 Å². The summed E-state index contributed by atoms with van der Waals surface area (Å²) in [7, 11) is 1.85. The fourth-order valence-electron chi connectivity index (χ4n) is 3.25. The molecule has 2 aromatic rings. The Kier molecular flexibility index (Phi) is 4.55. The number of carbonyl (C=O) groups is 1. The summed E-state index contributed by atoms with van der Waals surface area (Å²) in [5.74, 6) is 1.24. The third-order valence-electron chi connectivity index (χ3n) is 4.59. The van der Waals surface area contributed by atoms with Gasteiger partial charge in [0.15, 0.2) is 0 Å². The van der Waals surface area contributed by atoms with Gasteiger partial charge in [0.25, 0.3) is 5.91 Å². The van der Waals surface area contributed by atoms with E-state index >= 15 is 0 Å². The van der Waals surface area contributed by atoms with Crippen LogP contribution in [0.25, 0.3) is 0 Å². The Hall–Kier alpha value is -2.04. The zero-order valence-corrected chi connectivity index (χ0v) is 14.2. The first-order valence-corrected chi connectivity index (χ1v) is 8.46. The average Bonchev–Trinajstić information content (AvgIpc) is 3.11. The lowest BCUT2D eigenvalue weighted by atomic mass is 10.1. The molecular formula is C18H25N3O2. The fourth-order valence-corrected chi connectivity index (χ4v) is 3.25. The van der Waals surface area contributed by atoms with E-state index in [1.807, 2.05) is 30.1 Å². The first kappa shape index (κ1) is 15.8. The SMILES string of the molecule is CC(C)c1cc(C(=O)N2CCCCC[C@@H]2c2ccco2)n(C)n1. The molecule has 0 aliphatic carbocycles. The molecule has 1 atom stereocenters. The Morgan fingerprint density at radius 3 is 2.83 bits per heavy atom. The quantitative estimate of drug-likeness (QED) is 0.863. The highest BCUT2D eigenvalue weighted by Gasteiger charge is 2.31. The highest BCUT2D eigenvalue weighted by Crippen LogP contribution is 2.31. The number of nitrogens with zero attached hydrogens (tertiary/aromatic N) is 3. The molecule has 23 heavy (non-hydrogen) atoms. The van der Waals surface area contributed by atoms with E-state index in [9.17, 15) is 4.79 Å². The van der Waals surface area contributed by atoms with E-state index in [-0.39, 0.29) is 11.9 Å². The number of rotatable bonds is 3. The van der Waals surface area contributed by atoms with Gasteiger partial charge in [-0.1, -0.05) is 26.7 Å². The van der Waals surface area contributed by atoms with Crippen molar-refractivity contribution < 1.29 is 9.21 Å². The molecule has 0 N–H and O–H groups in total. The largest absolute Gasteiger partial charge is 0.467 e. The predicted octanol–water partition coefficient (Wildman–Crippen LogP) is 3.89. The predicted molar refractivity (Wildman–Crippen MR) is 88.3 cm³/mol. The molecule has 3 rings (SSSR count). The molecule has 3 heterocycles. The lowest BCUT2D eigenvalue weighted by Crippen LogP contribution is -2.35. The van der Waals surface area contributed by atoms with E-state index in [1.54, 1.807) is 10.9 Å². The van der Waals surface area contributed by atoms with Crippen LogP contribution in [0.1, 0.15) is 73.4 Å². The second-order valence-corrected chi connectivity index (χ2v) is 6.61. The van der Waals surface area contributed by atoms with Crippen LogP contribution < -0.4 is 0 Å². The van der Waals surface area contributed by atoms with Gasteiger partial charge in [-0.15, -0.1) is 0 Å². The van der Waals surface area contributed by atoms with Crippen molar-refractivity contribution in [2.75, 3.05) is 6.54 Å². The third-order valence-corrected chi connectivity index (χ3v) is 4.59. The van der Waals surface area contributed by atoms with Gasteiger partial charge < -0.3 is 9.32 Å². The van der Waals surface area contributed by atoms with Crippen molar-refractivity contribution in [3.05, 3.63) is 41.6 Å². The second-order valence-electron chi connectivity index (χ2n) is 6.61. The van der Waals surface area contributed by atoms with Gasteiger partial charge >= 0.3 is 0 Å². The zero-order chi connectivity index (χ0) is 16.4. The summed E-state index contributed by atoms with van der Waals surface area (Å²) < 4.78 is 7.31. The number of hydrogen-bond donors (Lipinski definition) is 0. The third kappa shape index (κ3) is 3.19. The summed E-state index contributed by atoms with van der Waals surface area (Å²) in [4.78, 5) is 15.1. The molecule has 0 radical (unpaired) electrons. The van der Waals surface area contributed by atoms with Crippen molar-refractivity contribution in [2.24, 2.45) is 7.05 Å². The van der Waals surface area contributed by atoms with Crippen molar-refractivity contribution in [1.29, 1.82) is 0 Å². The Labute approximate surface area is 137 Å². The van der Waals surface area contributed by atoms with Crippen LogP contribution in [-0.2, 0) is 7.05 Å². The average molecular weight is 315 g/mol. The highest BCUT2D eigenvalue weighted by atomic mass is 16.3. The summed E-state index contributed by atoms with van der Waals surface area (Å²) >= 11 is 0.